The number of amides is 1. The fourth-order valence-corrected chi connectivity index (χ4v) is 4.26. The van der Waals surface area contributed by atoms with Gasteiger partial charge in [0.2, 0.25) is 5.91 Å². The van der Waals surface area contributed by atoms with Crippen LogP contribution >= 0.6 is 0 Å². The Hall–Kier alpha value is -2.87. The molecule has 1 aliphatic heterocycles. The molecule has 34 heavy (non-hydrogen) atoms. The van der Waals surface area contributed by atoms with Crippen molar-refractivity contribution in [1.29, 1.82) is 0 Å². The Balaban J connectivity index is 1.71. The first kappa shape index (κ1) is 25.7. The molecule has 1 N–H and O–H groups in total. The number of piperidine rings is 1. The van der Waals surface area contributed by atoms with Gasteiger partial charge in [-0.05, 0) is 67.1 Å². The van der Waals surface area contributed by atoms with Crippen LogP contribution in [0.3, 0.4) is 0 Å². The Morgan fingerprint density at radius 3 is 2.29 bits per heavy atom. The molecule has 2 aromatic rings. The maximum atomic E-state index is 13.3. The zero-order chi connectivity index (χ0) is 25.1. The number of nitrogens with zero attached hydrogens (tertiary/aromatic N) is 1. The summed E-state index contributed by atoms with van der Waals surface area (Å²) < 4.78 is 43.4. The first-order chi connectivity index (χ1) is 15.9. The molecule has 3 rings (SSSR count). The van der Waals surface area contributed by atoms with Gasteiger partial charge in [-0.25, -0.2) is 4.79 Å². The Labute approximate surface area is 198 Å². The molecule has 1 aliphatic rings. The highest BCUT2D eigenvalue weighted by Crippen LogP contribution is 2.35. The van der Waals surface area contributed by atoms with E-state index in [1.54, 1.807) is 24.3 Å². The quantitative estimate of drug-likeness (QED) is 0.571. The van der Waals surface area contributed by atoms with Crippen molar-refractivity contribution in [3.05, 3.63) is 70.8 Å². The standard InChI is InChI=1S/C26H31F3N2O3/c1-17(19-7-9-20(10-8-19)24(33)34-4)30-23(32)22-15-25(2,3)13-14-31(22)16-18-5-11-21(12-6-18)26(27,28)29/h5-12,17,22H,13-16H2,1-4H3,(H,30,32). The van der Waals surface area contributed by atoms with Gasteiger partial charge in [-0.15, -0.1) is 0 Å². The van der Waals surface area contributed by atoms with Gasteiger partial charge in [-0.3, -0.25) is 9.69 Å². The Morgan fingerprint density at radius 1 is 1.12 bits per heavy atom. The zero-order valence-electron chi connectivity index (χ0n) is 19.9. The molecule has 2 atom stereocenters. The number of halogens is 3. The molecule has 0 aliphatic carbocycles. The average Bonchev–Trinajstić information content (AvgIpc) is 2.79. The number of carbonyl (C=O) groups excluding carboxylic acids is 2. The molecule has 1 heterocycles. The topological polar surface area (TPSA) is 58.6 Å². The summed E-state index contributed by atoms with van der Waals surface area (Å²) in [5, 5.41) is 3.07. The van der Waals surface area contributed by atoms with Gasteiger partial charge in [-0.1, -0.05) is 38.1 Å². The van der Waals surface area contributed by atoms with E-state index < -0.39 is 23.8 Å². The third kappa shape index (κ3) is 6.38. The van der Waals surface area contributed by atoms with Crippen molar-refractivity contribution >= 4 is 11.9 Å². The van der Waals surface area contributed by atoms with Gasteiger partial charge in [0.1, 0.15) is 0 Å². The SMILES string of the molecule is COC(=O)c1ccc(C(C)NC(=O)C2CC(C)(C)CCN2Cc2ccc(C(F)(F)F)cc2)cc1. The van der Waals surface area contributed by atoms with E-state index in [4.69, 9.17) is 4.74 Å². The number of nitrogens with one attached hydrogen (secondary N) is 1. The fourth-order valence-electron chi connectivity index (χ4n) is 4.26. The maximum absolute atomic E-state index is 13.3. The first-order valence-corrected chi connectivity index (χ1v) is 11.3. The molecule has 1 saturated heterocycles. The Morgan fingerprint density at radius 2 is 1.74 bits per heavy atom. The molecule has 184 valence electrons. The molecule has 2 unspecified atom stereocenters. The molecular weight excluding hydrogens is 445 g/mol. The van der Waals surface area contributed by atoms with Crippen molar-refractivity contribution in [3.63, 3.8) is 0 Å². The minimum Gasteiger partial charge on any atom is -0.465 e. The van der Waals surface area contributed by atoms with Crippen LogP contribution in [0.5, 0.6) is 0 Å². The highest BCUT2D eigenvalue weighted by atomic mass is 19.4. The number of methoxy groups -OCH3 is 1. The molecule has 1 fully saturated rings. The lowest BCUT2D eigenvalue weighted by molar-refractivity contribution is -0.137. The summed E-state index contributed by atoms with van der Waals surface area (Å²) in [7, 11) is 1.32. The summed E-state index contributed by atoms with van der Waals surface area (Å²) in [6, 6.07) is 11.3. The molecule has 5 nitrogen and oxygen atoms in total. The van der Waals surface area contributed by atoms with E-state index in [0.29, 0.717) is 25.1 Å². The van der Waals surface area contributed by atoms with Crippen LogP contribution < -0.4 is 5.32 Å². The van der Waals surface area contributed by atoms with Crippen molar-refractivity contribution in [1.82, 2.24) is 10.2 Å². The van der Waals surface area contributed by atoms with Crippen LogP contribution in [-0.4, -0.2) is 36.5 Å². The monoisotopic (exact) mass is 476 g/mol. The second-order valence-electron chi connectivity index (χ2n) is 9.64. The van der Waals surface area contributed by atoms with Crippen molar-refractivity contribution in [2.75, 3.05) is 13.7 Å². The highest BCUT2D eigenvalue weighted by Gasteiger charge is 2.38. The van der Waals surface area contributed by atoms with E-state index in [2.05, 4.69) is 19.2 Å². The zero-order valence-corrected chi connectivity index (χ0v) is 19.9. The van der Waals surface area contributed by atoms with Crippen LogP contribution in [0.15, 0.2) is 48.5 Å². The number of hydrogen-bond donors (Lipinski definition) is 1. The van der Waals surface area contributed by atoms with Crippen molar-refractivity contribution in [3.8, 4) is 0 Å². The molecule has 8 heteroatoms. The molecule has 0 aromatic heterocycles. The van der Waals surface area contributed by atoms with Gasteiger partial charge in [0.25, 0.3) is 0 Å². The molecule has 0 saturated carbocycles. The number of carbonyl (C=O) groups is 2. The molecule has 0 radical (unpaired) electrons. The number of rotatable bonds is 6. The Kier molecular flexibility index (Phi) is 7.70. The molecule has 0 spiro atoms. The van der Waals surface area contributed by atoms with E-state index in [-0.39, 0.29) is 17.4 Å². The summed E-state index contributed by atoms with van der Waals surface area (Å²) in [5.41, 5.74) is 1.31. The van der Waals surface area contributed by atoms with E-state index in [1.807, 2.05) is 11.8 Å². The van der Waals surface area contributed by atoms with Crippen LogP contribution in [0.4, 0.5) is 13.2 Å². The Bertz CT molecular complexity index is 1000. The van der Waals surface area contributed by atoms with Gasteiger partial charge < -0.3 is 10.1 Å². The highest BCUT2D eigenvalue weighted by molar-refractivity contribution is 5.89. The first-order valence-electron chi connectivity index (χ1n) is 11.3. The summed E-state index contributed by atoms with van der Waals surface area (Å²) >= 11 is 0. The van der Waals surface area contributed by atoms with Crippen LogP contribution in [0.1, 0.15) is 66.7 Å². The normalized spacial score (nSPS) is 19.3. The van der Waals surface area contributed by atoms with E-state index in [9.17, 15) is 22.8 Å². The van der Waals surface area contributed by atoms with Crippen molar-refractivity contribution in [2.24, 2.45) is 5.41 Å². The van der Waals surface area contributed by atoms with Gasteiger partial charge >= 0.3 is 12.1 Å². The largest absolute Gasteiger partial charge is 0.465 e. The third-order valence-electron chi connectivity index (χ3n) is 6.42. The average molecular weight is 477 g/mol. The molecule has 1 amide bonds. The number of benzene rings is 2. The molecule has 0 bridgehead atoms. The second-order valence-corrected chi connectivity index (χ2v) is 9.64. The van der Waals surface area contributed by atoms with Crippen LogP contribution in [0.2, 0.25) is 0 Å². The second kappa shape index (κ2) is 10.2. The number of alkyl halides is 3. The van der Waals surface area contributed by atoms with Crippen LogP contribution in [0, 0.1) is 5.41 Å². The summed E-state index contributed by atoms with van der Waals surface area (Å²) in [6.45, 7) is 7.19. The van der Waals surface area contributed by atoms with E-state index in [1.165, 1.54) is 19.2 Å². The minimum atomic E-state index is -4.37. The summed E-state index contributed by atoms with van der Waals surface area (Å²) in [4.78, 5) is 27.0. The summed E-state index contributed by atoms with van der Waals surface area (Å²) in [5.74, 6) is -0.546. The van der Waals surface area contributed by atoms with E-state index in [0.717, 1.165) is 29.7 Å². The molecule has 2 aromatic carbocycles. The lowest BCUT2D eigenvalue weighted by Crippen LogP contribution is -2.53. The van der Waals surface area contributed by atoms with Crippen LogP contribution in [0.25, 0.3) is 0 Å². The smallest absolute Gasteiger partial charge is 0.416 e. The number of likely N-dealkylation sites (tertiary alicyclic amines) is 1. The number of hydrogen-bond acceptors (Lipinski definition) is 4. The summed E-state index contributed by atoms with van der Waals surface area (Å²) in [6.07, 6.45) is -2.84. The lowest BCUT2D eigenvalue weighted by atomic mass is 9.78. The van der Waals surface area contributed by atoms with Gasteiger partial charge in [0.05, 0.1) is 30.3 Å². The van der Waals surface area contributed by atoms with Gasteiger partial charge in [-0.2, -0.15) is 13.2 Å². The predicted molar refractivity (Wildman–Crippen MR) is 123 cm³/mol. The predicted octanol–water partition coefficient (Wildman–Crippen LogP) is 5.36. The fraction of sp³-hybridized carbons (Fsp3) is 0.462. The van der Waals surface area contributed by atoms with Gasteiger partial charge in [0, 0.05) is 6.54 Å². The van der Waals surface area contributed by atoms with E-state index >= 15 is 0 Å². The van der Waals surface area contributed by atoms with Crippen molar-refractivity contribution < 1.29 is 27.5 Å². The number of esters is 1. The minimum absolute atomic E-state index is 0.0238. The van der Waals surface area contributed by atoms with Gasteiger partial charge in [0.15, 0.2) is 0 Å². The third-order valence-corrected chi connectivity index (χ3v) is 6.42. The van der Waals surface area contributed by atoms with Crippen LogP contribution in [-0.2, 0) is 22.3 Å². The van der Waals surface area contributed by atoms with Crippen molar-refractivity contribution in [2.45, 2.75) is 58.4 Å². The molecular formula is C26H31F3N2O3. The lowest BCUT2D eigenvalue weighted by Gasteiger charge is -2.43. The number of ether oxygens (including phenoxy) is 1. The maximum Gasteiger partial charge on any atom is 0.416 e.